The van der Waals surface area contributed by atoms with Gasteiger partial charge in [0.05, 0.1) is 5.75 Å². The van der Waals surface area contributed by atoms with Crippen LogP contribution in [0.1, 0.15) is 5.82 Å². The Labute approximate surface area is 77.9 Å². The Bertz CT molecular complexity index is 366. The average molecular weight is 197 g/mol. The largest absolute Gasteiger partial charge is 0.244 e. The highest BCUT2D eigenvalue weighted by Gasteiger charge is 2.03. The molecule has 8 heteroatoms. The number of aryl methyl sites for hydroxylation is 1. The van der Waals surface area contributed by atoms with Gasteiger partial charge in [0.25, 0.3) is 0 Å². The second-order valence-corrected chi connectivity index (χ2v) is 3.23. The van der Waals surface area contributed by atoms with E-state index in [9.17, 15) is 0 Å². The van der Waals surface area contributed by atoms with E-state index in [1.807, 2.05) is 7.05 Å². The first-order valence-electron chi connectivity index (χ1n) is 3.55. The van der Waals surface area contributed by atoms with Gasteiger partial charge in [-0.25, -0.2) is 9.67 Å². The Morgan fingerprint density at radius 3 is 3.15 bits per heavy atom. The normalized spacial score (nSPS) is 10.5. The van der Waals surface area contributed by atoms with Crippen molar-refractivity contribution in [2.75, 3.05) is 0 Å². The van der Waals surface area contributed by atoms with E-state index < -0.39 is 0 Å². The van der Waals surface area contributed by atoms with E-state index in [4.69, 9.17) is 0 Å². The highest BCUT2D eigenvalue weighted by molar-refractivity contribution is 7.98. The summed E-state index contributed by atoms with van der Waals surface area (Å²) < 4.78 is 1.70. The molecule has 13 heavy (non-hydrogen) atoms. The third-order valence-corrected chi connectivity index (χ3v) is 2.42. The quantitative estimate of drug-likeness (QED) is 0.675. The van der Waals surface area contributed by atoms with Crippen molar-refractivity contribution >= 4 is 11.8 Å². The van der Waals surface area contributed by atoms with Gasteiger partial charge in [0, 0.05) is 7.05 Å². The zero-order valence-electron chi connectivity index (χ0n) is 6.88. The Morgan fingerprint density at radius 1 is 1.62 bits per heavy atom. The maximum absolute atomic E-state index is 4.04. The van der Waals surface area contributed by atoms with Crippen molar-refractivity contribution < 1.29 is 0 Å². The molecular formula is C5H7N7S. The van der Waals surface area contributed by atoms with Gasteiger partial charge in [-0.15, -0.1) is 10.2 Å². The summed E-state index contributed by atoms with van der Waals surface area (Å²) in [6.45, 7) is 0. The van der Waals surface area contributed by atoms with Crippen LogP contribution in [-0.2, 0) is 12.8 Å². The van der Waals surface area contributed by atoms with Crippen LogP contribution in [-0.4, -0.2) is 35.4 Å². The summed E-state index contributed by atoms with van der Waals surface area (Å²) in [5, 5.41) is 18.3. The third-order valence-electron chi connectivity index (χ3n) is 1.39. The smallest absolute Gasteiger partial charge is 0.186 e. The van der Waals surface area contributed by atoms with Crippen LogP contribution in [0, 0.1) is 0 Å². The molecule has 0 radical (unpaired) electrons. The molecule has 0 fully saturated rings. The predicted octanol–water partition coefficient (Wildman–Crippen LogP) is -0.380. The van der Waals surface area contributed by atoms with Crippen LogP contribution in [0.5, 0.6) is 0 Å². The molecule has 0 saturated carbocycles. The molecule has 0 atom stereocenters. The van der Waals surface area contributed by atoms with Gasteiger partial charge in [-0.1, -0.05) is 17.0 Å². The molecule has 2 rings (SSSR count). The SMILES string of the molecule is Cn1ncnc1SCc1nn[nH]n1. The number of nitrogens with one attached hydrogen (secondary N) is 1. The maximum Gasteiger partial charge on any atom is 0.186 e. The summed E-state index contributed by atoms with van der Waals surface area (Å²) in [5.41, 5.74) is 0. The van der Waals surface area contributed by atoms with Gasteiger partial charge in [0.1, 0.15) is 6.33 Å². The van der Waals surface area contributed by atoms with Gasteiger partial charge in [0.2, 0.25) is 0 Å². The van der Waals surface area contributed by atoms with E-state index >= 15 is 0 Å². The first-order chi connectivity index (χ1) is 6.36. The number of aromatic amines is 1. The van der Waals surface area contributed by atoms with Crippen LogP contribution in [0.4, 0.5) is 0 Å². The summed E-state index contributed by atoms with van der Waals surface area (Å²) in [4.78, 5) is 4.04. The molecule has 2 heterocycles. The van der Waals surface area contributed by atoms with E-state index in [1.54, 1.807) is 4.68 Å². The average Bonchev–Trinajstić information content (AvgIpc) is 2.72. The van der Waals surface area contributed by atoms with Crippen molar-refractivity contribution in [3.05, 3.63) is 12.2 Å². The summed E-state index contributed by atoms with van der Waals surface area (Å²) in [7, 11) is 1.84. The molecule has 0 bridgehead atoms. The lowest BCUT2D eigenvalue weighted by atomic mass is 10.8. The van der Waals surface area contributed by atoms with Gasteiger partial charge in [-0.05, 0) is 0 Å². The Kier molecular flexibility index (Phi) is 2.21. The fourth-order valence-electron chi connectivity index (χ4n) is 0.789. The van der Waals surface area contributed by atoms with Crippen molar-refractivity contribution in [3.8, 4) is 0 Å². The molecule has 0 aliphatic carbocycles. The van der Waals surface area contributed by atoms with Crippen molar-refractivity contribution in [2.45, 2.75) is 10.9 Å². The number of H-pyrrole nitrogens is 1. The second-order valence-electron chi connectivity index (χ2n) is 2.28. The fraction of sp³-hybridized carbons (Fsp3) is 0.400. The number of tetrazole rings is 1. The topological polar surface area (TPSA) is 85.2 Å². The zero-order chi connectivity index (χ0) is 9.10. The molecule has 2 aromatic heterocycles. The van der Waals surface area contributed by atoms with Crippen LogP contribution < -0.4 is 0 Å². The standard InChI is InChI=1S/C5H7N7S/c1-12-5(6-3-7-12)13-2-4-8-10-11-9-4/h3H,2H2,1H3,(H,8,9,10,11). The molecule has 0 aromatic carbocycles. The molecular weight excluding hydrogens is 190 g/mol. The maximum atomic E-state index is 4.04. The van der Waals surface area contributed by atoms with Gasteiger partial charge < -0.3 is 0 Å². The number of aromatic nitrogens is 7. The molecule has 0 aliphatic rings. The fourth-order valence-corrected chi connectivity index (χ4v) is 1.53. The Hall–Kier alpha value is -1.44. The first kappa shape index (κ1) is 8.17. The van der Waals surface area contributed by atoms with E-state index in [0.29, 0.717) is 11.6 Å². The van der Waals surface area contributed by atoms with Crippen LogP contribution in [0.2, 0.25) is 0 Å². The molecule has 1 N–H and O–H groups in total. The highest BCUT2D eigenvalue weighted by atomic mass is 32.2. The van der Waals surface area contributed by atoms with Gasteiger partial charge in [-0.2, -0.15) is 10.3 Å². The van der Waals surface area contributed by atoms with Gasteiger partial charge >= 0.3 is 0 Å². The summed E-state index contributed by atoms with van der Waals surface area (Å²) in [6, 6.07) is 0. The van der Waals surface area contributed by atoms with Gasteiger partial charge in [-0.3, -0.25) is 0 Å². The highest BCUT2D eigenvalue weighted by Crippen LogP contribution is 2.16. The predicted molar refractivity (Wildman–Crippen MR) is 44.7 cm³/mol. The minimum atomic E-state index is 0.642. The third kappa shape index (κ3) is 1.83. The first-order valence-corrected chi connectivity index (χ1v) is 4.54. The minimum Gasteiger partial charge on any atom is -0.244 e. The van der Waals surface area contributed by atoms with Crippen LogP contribution in [0.3, 0.4) is 0 Å². The van der Waals surface area contributed by atoms with E-state index in [2.05, 4.69) is 30.7 Å². The van der Waals surface area contributed by atoms with E-state index in [-0.39, 0.29) is 0 Å². The lowest BCUT2D eigenvalue weighted by Crippen LogP contribution is -1.93. The molecule has 0 aliphatic heterocycles. The molecule has 0 unspecified atom stereocenters. The number of hydrogen-bond donors (Lipinski definition) is 1. The second kappa shape index (κ2) is 3.52. The Balaban J connectivity index is 1.97. The molecule has 0 amide bonds. The molecule has 0 spiro atoms. The summed E-state index contributed by atoms with van der Waals surface area (Å²) >= 11 is 1.52. The molecule has 68 valence electrons. The van der Waals surface area contributed by atoms with Crippen LogP contribution in [0.25, 0.3) is 0 Å². The van der Waals surface area contributed by atoms with E-state index in [1.165, 1.54) is 18.1 Å². The minimum absolute atomic E-state index is 0.642. The van der Waals surface area contributed by atoms with E-state index in [0.717, 1.165) is 5.16 Å². The number of rotatable bonds is 3. The zero-order valence-corrected chi connectivity index (χ0v) is 7.69. The van der Waals surface area contributed by atoms with Crippen LogP contribution >= 0.6 is 11.8 Å². The van der Waals surface area contributed by atoms with Crippen molar-refractivity contribution in [1.29, 1.82) is 0 Å². The lowest BCUT2D eigenvalue weighted by Gasteiger charge is -1.95. The summed E-state index contributed by atoms with van der Waals surface area (Å²) in [6.07, 6.45) is 1.51. The number of nitrogens with zero attached hydrogens (tertiary/aromatic N) is 6. The monoisotopic (exact) mass is 197 g/mol. The number of hydrogen-bond acceptors (Lipinski definition) is 6. The van der Waals surface area contributed by atoms with Crippen molar-refractivity contribution in [3.63, 3.8) is 0 Å². The number of thioether (sulfide) groups is 1. The lowest BCUT2D eigenvalue weighted by molar-refractivity contribution is 0.685. The molecule has 2 aromatic rings. The van der Waals surface area contributed by atoms with Gasteiger partial charge in [0.15, 0.2) is 11.0 Å². The molecule has 0 saturated heterocycles. The van der Waals surface area contributed by atoms with Crippen LogP contribution in [0.15, 0.2) is 11.5 Å². The van der Waals surface area contributed by atoms with Crippen molar-refractivity contribution in [1.82, 2.24) is 35.4 Å². The molecule has 7 nitrogen and oxygen atoms in total. The van der Waals surface area contributed by atoms with Crippen molar-refractivity contribution in [2.24, 2.45) is 7.05 Å². The Morgan fingerprint density at radius 2 is 2.54 bits per heavy atom. The summed E-state index contributed by atoms with van der Waals surface area (Å²) in [5.74, 6) is 1.30.